The van der Waals surface area contributed by atoms with E-state index in [1.807, 2.05) is 47.3 Å². The lowest BCUT2D eigenvalue weighted by Gasteiger charge is -2.23. The smallest absolute Gasteiger partial charge is 0.123 e. The molecule has 8 nitrogen and oxygen atoms in total. The third-order valence-corrected chi connectivity index (χ3v) is 7.66. The highest BCUT2D eigenvalue weighted by atomic mass is 35.5. The summed E-state index contributed by atoms with van der Waals surface area (Å²) >= 11 is 6.78. The lowest BCUT2D eigenvalue weighted by atomic mass is 10.00. The van der Waals surface area contributed by atoms with Crippen LogP contribution in [0.1, 0.15) is 66.2 Å². The van der Waals surface area contributed by atoms with Gasteiger partial charge in [-0.25, -0.2) is 9.07 Å². The molecule has 42 heavy (non-hydrogen) atoms. The number of hydrogen-bond donors (Lipinski definition) is 2. The molecule has 2 aromatic heterocycles. The summed E-state index contributed by atoms with van der Waals surface area (Å²) in [5.74, 6) is -0.330. The van der Waals surface area contributed by atoms with Gasteiger partial charge >= 0.3 is 0 Å². The van der Waals surface area contributed by atoms with Gasteiger partial charge in [-0.1, -0.05) is 59.3 Å². The minimum atomic E-state index is -0.442. The summed E-state index contributed by atoms with van der Waals surface area (Å²) < 4.78 is 15.7. The Morgan fingerprint density at radius 1 is 1.02 bits per heavy atom. The van der Waals surface area contributed by atoms with E-state index in [4.69, 9.17) is 11.6 Å². The molecule has 2 N–H and O–H groups in total. The first-order valence-electron chi connectivity index (χ1n) is 13.7. The lowest BCUT2D eigenvalue weighted by Crippen LogP contribution is -2.14. The number of benzene rings is 3. The zero-order chi connectivity index (χ0) is 29.1. The van der Waals surface area contributed by atoms with Crippen molar-refractivity contribution in [2.24, 2.45) is 0 Å². The number of nitrogens with one attached hydrogen (secondary N) is 2. The summed E-state index contributed by atoms with van der Waals surface area (Å²) in [7, 11) is 0. The first-order valence-corrected chi connectivity index (χ1v) is 14.1. The summed E-state index contributed by atoms with van der Waals surface area (Å²) in [5, 5.41) is 36.2. The molecular formula is C32H26ClFN8. The highest BCUT2D eigenvalue weighted by molar-refractivity contribution is 6.35. The van der Waals surface area contributed by atoms with Crippen molar-refractivity contribution in [3.8, 4) is 12.1 Å². The number of nitriles is 2. The summed E-state index contributed by atoms with van der Waals surface area (Å²) in [6.07, 6.45) is 6.45. The van der Waals surface area contributed by atoms with E-state index < -0.39 is 6.04 Å². The molecule has 3 aromatic carbocycles. The SMILES string of the molecule is N#CCC[C@@H](Nc1c(C#N)cnc2c(Cl)cc(NC(c3ccc(F)cc3)c3cn(C4CC4)nn3)cc12)c1ccccc1. The number of fused-ring (bicyclic) bond motifs is 1. The van der Waals surface area contributed by atoms with Crippen LogP contribution in [0.4, 0.5) is 15.8 Å². The Balaban J connectivity index is 1.42. The maximum Gasteiger partial charge on any atom is 0.123 e. The Hall–Kier alpha value is -4.99. The molecule has 1 unspecified atom stereocenters. The molecule has 0 saturated heterocycles. The molecule has 10 heteroatoms. The van der Waals surface area contributed by atoms with Crippen molar-refractivity contribution in [2.75, 3.05) is 10.6 Å². The van der Waals surface area contributed by atoms with E-state index in [1.54, 1.807) is 18.2 Å². The number of nitrogens with zero attached hydrogens (tertiary/aromatic N) is 6. The van der Waals surface area contributed by atoms with E-state index in [0.717, 1.165) is 24.0 Å². The van der Waals surface area contributed by atoms with Crippen molar-refractivity contribution < 1.29 is 4.39 Å². The number of hydrogen-bond acceptors (Lipinski definition) is 7. The molecule has 1 fully saturated rings. The Kier molecular flexibility index (Phi) is 7.68. The van der Waals surface area contributed by atoms with Gasteiger partial charge < -0.3 is 10.6 Å². The summed E-state index contributed by atoms with van der Waals surface area (Å²) in [5.41, 5.74) is 4.63. The number of aromatic nitrogens is 4. The zero-order valence-electron chi connectivity index (χ0n) is 22.5. The first kappa shape index (κ1) is 27.2. The van der Waals surface area contributed by atoms with E-state index in [1.165, 1.54) is 18.3 Å². The highest BCUT2D eigenvalue weighted by Gasteiger charge is 2.27. The summed E-state index contributed by atoms with van der Waals surface area (Å²) in [6.45, 7) is 0. The second-order valence-corrected chi connectivity index (χ2v) is 10.7. The lowest BCUT2D eigenvalue weighted by molar-refractivity contribution is 0.610. The number of anilines is 2. The number of pyridine rings is 1. The maximum atomic E-state index is 13.8. The topological polar surface area (TPSA) is 115 Å². The first-order chi connectivity index (χ1) is 20.5. The highest BCUT2D eigenvalue weighted by Crippen LogP contribution is 2.38. The van der Waals surface area contributed by atoms with Crippen molar-refractivity contribution in [3.05, 3.63) is 112 Å². The monoisotopic (exact) mass is 576 g/mol. The van der Waals surface area contributed by atoms with Crippen LogP contribution in [0.5, 0.6) is 0 Å². The Morgan fingerprint density at radius 3 is 2.52 bits per heavy atom. The molecule has 1 saturated carbocycles. The normalized spacial score (nSPS) is 14.1. The third-order valence-electron chi connectivity index (χ3n) is 7.37. The van der Waals surface area contributed by atoms with Crippen LogP contribution in [0.25, 0.3) is 10.9 Å². The molecule has 1 aliphatic carbocycles. The van der Waals surface area contributed by atoms with Gasteiger partial charge in [0.05, 0.1) is 52.2 Å². The van der Waals surface area contributed by atoms with Gasteiger partial charge in [-0.3, -0.25) is 4.98 Å². The molecule has 0 radical (unpaired) electrons. The predicted octanol–water partition coefficient (Wildman–Crippen LogP) is 7.48. The Labute approximate surface area is 247 Å². The average Bonchev–Trinajstić information content (AvgIpc) is 3.75. The molecule has 0 aliphatic heterocycles. The predicted molar refractivity (Wildman–Crippen MR) is 159 cm³/mol. The quantitative estimate of drug-likeness (QED) is 0.177. The summed E-state index contributed by atoms with van der Waals surface area (Å²) in [6, 6.07) is 23.9. The molecule has 2 atom stereocenters. The van der Waals surface area contributed by atoms with Crippen LogP contribution in [-0.2, 0) is 0 Å². The van der Waals surface area contributed by atoms with Gasteiger partial charge in [0.15, 0.2) is 0 Å². The standard InChI is InChI=1S/C32H26ClFN8/c33-27-16-24(38-31(21-8-10-23(34)11-9-21)29-19-42(41-40-29)25-12-13-25)15-26-30(22(17-36)18-37-32(26)27)39-28(7-4-14-35)20-5-2-1-3-6-20/h1-3,5-6,8-11,15-16,18-19,25,28,31,38H,4,7,12-13H2,(H,37,39)/t28-,31?/m1/s1. The molecule has 0 bridgehead atoms. The second-order valence-electron chi connectivity index (χ2n) is 10.3. The van der Waals surface area contributed by atoms with Gasteiger partial charge in [0.1, 0.15) is 17.6 Å². The van der Waals surface area contributed by atoms with Crippen LogP contribution < -0.4 is 10.6 Å². The maximum absolute atomic E-state index is 13.8. The number of rotatable bonds is 10. The number of halogens is 2. The molecule has 1 aliphatic rings. The average molecular weight is 577 g/mol. The molecule has 0 spiro atoms. The molecular weight excluding hydrogens is 551 g/mol. The van der Waals surface area contributed by atoms with Crippen LogP contribution in [0.3, 0.4) is 0 Å². The van der Waals surface area contributed by atoms with Gasteiger partial charge in [-0.2, -0.15) is 10.5 Å². The molecule has 5 aromatic rings. The van der Waals surface area contributed by atoms with Crippen LogP contribution in [0.15, 0.2) is 79.1 Å². The fourth-order valence-corrected chi connectivity index (χ4v) is 5.33. The van der Waals surface area contributed by atoms with Gasteiger partial charge in [0, 0.05) is 23.7 Å². The fourth-order valence-electron chi connectivity index (χ4n) is 5.06. The summed E-state index contributed by atoms with van der Waals surface area (Å²) in [4.78, 5) is 4.49. The van der Waals surface area contributed by atoms with Crippen LogP contribution >= 0.6 is 11.6 Å². The Morgan fingerprint density at radius 2 is 1.81 bits per heavy atom. The molecule has 208 valence electrons. The van der Waals surface area contributed by atoms with E-state index in [-0.39, 0.29) is 11.9 Å². The van der Waals surface area contributed by atoms with Crippen molar-refractivity contribution in [1.82, 2.24) is 20.0 Å². The molecule has 6 rings (SSSR count). The van der Waals surface area contributed by atoms with Crippen LogP contribution in [0.2, 0.25) is 5.02 Å². The van der Waals surface area contributed by atoms with E-state index >= 15 is 0 Å². The fraction of sp³-hybridized carbons (Fsp3) is 0.219. The minimum absolute atomic E-state index is 0.219. The Bertz CT molecular complexity index is 1800. The van der Waals surface area contributed by atoms with Gasteiger partial charge in [0.25, 0.3) is 0 Å². The van der Waals surface area contributed by atoms with Crippen molar-refractivity contribution in [3.63, 3.8) is 0 Å². The zero-order valence-corrected chi connectivity index (χ0v) is 23.3. The van der Waals surface area contributed by atoms with Crippen LogP contribution in [0, 0.1) is 28.5 Å². The molecule has 2 heterocycles. The second kappa shape index (κ2) is 11.9. The van der Waals surface area contributed by atoms with Crippen molar-refractivity contribution in [2.45, 2.75) is 43.8 Å². The van der Waals surface area contributed by atoms with E-state index in [9.17, 15) is 14.9 Å². The minimum Gasteiger partial charge on any atom is -0.377 e. The molecule has 0 amide bonds. The van der Waals surface area contributed by atoms with E-state index in [0.29, 0.717) is 57.4 Å². The van der Waals surface area contributed by atoms with Crippen LogP contribution in [-0.4, -0.2) is 20.0 Å². The van der Waals surface area contributed by atoms with Gasteiger partial charge in [0.2, 0.25) is 0 Å². The van der Waals surface area contributed by atoms with Gasteiger partial charge in [-0.15, -0.1) is 5.10 Å². The third kappa shape index (κ3) is 5.74. The van der Waals surface area contributed by atoms with Crippen molar-refractivity contribution >= 4 is 33.9 Å². The van der Waals surface area contributed by atoms with Gasteiger partial charge in [-0.05, 0) is 54.7 Å². The van der Waals surface area contributed by atoms with Crippen molar-refractivity contribution in [1.29, 1.82) is 10.5 Å². The largest absolute Gasteiger partial charge is 0.377 e. The van der Waals surface area contributed by atoms with E-state index in [2.05, 4.69) is 38.1 Å².